The van der Waals surface area contributed by atoms with Gasteiger partial charge in [0.25, 0.3) is 0 Å². The molecule has 3 rings (SSSR count). The molecule has 0 fully saturated rings. The van der Waals surface area contributed by atoms with E-state index in [4.69, 9.17) is 0 Å². The third-order valence-electron chi connectivity index (χ3n) is 4.00. The number of carbonyl (C=O) groups excluding carboxylic acids is 1. The molecule has 0 radical (unpaired) electrons. The van der Waals surface area contributed by atoms with Crippen LogP contribution >= 0.6 is 0 Å². The third kappa shape index (κ3) is 3.19. The average Bonchev–Trinajstić information content (AvgIpc) is 3.07. The van der Waals surface area contributed by atoms with Crippen LogP contribution in [0.5, 0.6) is 0 Å². The summed E-state index contributed by atoms with van der Waals surface area (Å²) < 4.78 is 3.44. The van der Waals surface area contributed by atoms with Crippen molar-refractivity contribution in [2.45, 2.75) is 20.3 Å². The number of aryl methyl sites for hydroxylation is 3. The molecule has 0 aliphatic rings. The zero-order chi connectivity index (χ0) is 17.3. The molecule has 7 nitrogen and oxygen atoms in total. The van der Waals surface area contributed by atoms with Crippen molar-refractivity contribution in [3.63, 3.8) is 0 Å². The lowest BCUT2D eigenvalue weighted by Crippen LogP contribution is -2.15. The van der Waals surface area contributed by atoms with Crippen LogP contribution in [0.3, 0.4) is 0 Å². The van der Waals surface area contributed by atoms with E-state index in [1.54, 1.807) is 15.7 Å². The minimum atomic E-state index is -0.0691. The van der Waals surface area contributed by atoms with Gasteiger partial charge in [0.15, 0.2) is 5.82 Å². The van der Waals surface area contributed by atoms with E-state index in [-0.39, 0.29) is 5.91 Å². The monoisotopic (exact) mass is 324 g/mol. The molecule has 0 saturated carbocycles. The molecule has 0 spiro atoms. The highest BCUT2D eigenvalue weighted by Gasteiger charge is 2.14. The van der Waals surface area contributed by atoms with E-state index in [9.17, 15) is 4.79 Å². The summed E-state index contributed by atoms with van der Waals surface area (Å²) in [6, 6.07) is 7.52. The maximum Gasteiger partial charge on any atom is 0.228 e. The summed E-state index contributed by atoms with van der Waals surface area (Å²) in [6.45, 7) is 3.89. The van der Waals surface area contributed by atoms with Gasteiger partial charge in [-0.3, -0.25) is 14.2 Å². The third-order valence-corrected chi connectivity index (χ3v) is 4.00. The number of anilines is 1. The van der Waals surface area contributed by atoms with Crippen LogP contribution in [0.1, 0.15) is 17.0 Å². The Morgan fingerprint density at radius 3 is 2.62 bits per heavy atom. The first kappa shape index (κ1) is 15.9. The molecule has 24 heavy (non-hydrogen) atoms. The maximum absolute atomic E-state index is 12.4. The normalized spacial score (nSPS) is 10.8. The van der Waals surface area contributed by atoms with Crippen molar-refractivity contribution < 1.29 is 4.79 Å². The van der Waals surface area contributed by atoms with Gasteiger partial charge >= 0.3 is 0 Å². The molecule has 0 unspecified atom stereocenters. The van der Waals surface area contributed by atoms with E-state index in [0.717, 1.165) is 28.2 Å². The number of hydrogen-bond donors (Lipinski definition) is 1. The van der Waals surface area contributed by atoms with Crippen molar-refractivity contribution >= 4 is 11.6 Å². The van der Waals surface area contributed by atoms with E-state index < -0.39 is 0 Å². The Hall–Kier alpha value is -2.96. The Morgan fingerprint density at radius 1 is 1.21 bits per heavy atom. The highest BCUT2D eigenvalue weighted by molar-refractivity contribution is 5.93. The van der Waals surface area contributed by atoms with Crippen LogP contribution in [0.25, 0.3) is 11.4 Å². The molecule has 0 aliphatic heterocycles. The quantitative estimate of drug-likeness (QED) is 0.796. The van der Waals surface area contributed by atoms with E-state index in [2.05, 4.69) is 20.5 Å². The summed E-state index contributed by atoms with van der Waals surface area (Å²) in [7, 11) is 3.70. The molecule has 7 heteroatoms. The number of benzene rings is 1. The van der Waals surface area contributed by atoms with Crippen molar-refractivity contribution in [2.24, 2.45) is 14.1 Å². The summed E-state index contributed by atoms with van der Waals surface area (Å²) in [5.74, 6) is 0.563. The Bertz CT molecular complexity index is 892. The first-order valence-electron chi connectivity index (χ1n) is 7.69. The van der Waals surface area contributed by atoms with E-state index >= 15 is 0 Å². The van der Waals surface area contributed by atoms with E-state index in [1.165, 1.54) is 0 Å². The van der Waals surface area contributed by atoms with Gasteiger partial charge in [0.05, 0.1) is 12.1 Å². The lowest BCUT2D eigenvalue weighted by molar-refractivity contribution is -0.115. The number of aromatic nitrogens is 5. The van der Waals surface area contributed by atoms with Gasteiger partial charge in [0.2, 0.25) is 5.91 Å². The van der Waals surface area contributed by atoms with Gasteiger partial charge in [-0.05, 0) is 26.0 Å². The first-order chi connectivity index (χ1) is 11.4. The van der Waals surface area contributed by atoms with Gasteiger partial charge in [0.1, 0.15) is 6.33 Å². The predicted molar refractivity (Wildman–Crippen MR) is 91.5 cm³/mol. The fraction of sp³-hybridized carbons (Fsp3) is 0.294. The average molecular weight is 324 g/mol. The number of hydrogen-bond acceptors (Lipinski definition) is 4. The number of carbonyl (C=O) groups is 1. The smallest absolute Gasteiger partial charge is 0.228 e. The summed E-state index contributed by atoms with van der Waals surface area (Å²) in [5, 5.41) is 11.6. The van der Waals surface area contributed by atoms with Crippen molar-refractivity contribution in [3.8, 4) is 11.4 Å². The Kier molecular flexibility index (Phi) is 4.16. The summed E-state index contributed by atoms with van der Waals surface area (Å²) in [5.41, 5.74) is 4.45. The zero-order valence-electron chi connectivity index (χ0n) is 14.2. The first-order valence-corrected chi connectivity index (χ1v) is 7.69. The molecule has 0 saturated heterocycles. The molecule has 0 bridgehead atoms. The second-order valence-corrected chi connectivity index (χ2v) is 5.82. The number of nitrogens with zero attached hydrogens (tertiary/aromatic N) is 5. The van der Waals surface area contributed by atoms with Crippen molar-refractivity contribution in [2.75, 3.05) is 5.32 Å². The number of amides is 1. The fourth-order valence-electron chi connectivity index (χ4n) is 2.65. The SMILES string of the molecule is Cc1nn(C)c(C)c1CC(=O)Nc1cccc(-c2ncn(C)n2)c1. The molecular formula is C17H20N6O. The van der Waals surface area contributed by atoms with Crippen LogP contribution in [-0.4, -0.2) is 30.5 Å². The van der Waals surface area contributed by atoms with Gasteiger partial charge in [-0.15, -0.1) is 0 Å². The van der Waals surface area contributed by atoms with Crippen LogP contribution < -0.4 is 5.32 Å². The second-order valence-electron chi connectivity index (χ2n) is 5.82. The molecule has 1 amide bonds. The van der Waals surface area contributed by atoms with Crippen LogP contribution in [0.2, 0.25) is 0 Å². The van der Waals surface area contributed by atoms with Gasteiger partial charge in [-0.1, -0.05) is 12.1 Å². The predicted octanol–water partition coefficient (Wildman–Crippen LogP) is 2.01. The van der Waals surface area contributed by atoms with E-state index in [1.807, 2.05) is 52.2 Å². The number of nitrogens with one attached hydrogen (secondary N) is 1. The summed E-state index contributed by atoms with van der Waals surface area (Å²) in [4.78, 5) is 16.6. The molecule has 3 aromatic rings. The van der Waals surface area contributed by atoms with Crippen LogP contribution in [0.4, 0.5) is 5.69 Å². The second kappa shape index (κ2) is 6.27. The maximum atomic E-state index is 12.4. The molecule has 2 aromatic heterocycles. The van der Waals surface area contributed by atoms with Crippen molar-refractivity contribution in [1.82, 2.24) is 24.5 Å². The summed E-state index contributed by atoms with van der Waals surface area (Å²) in [6.07, 6.45) is 1.95. The summed E-state index contributed by atoms with van der Waals surface area (Å²) >= 11 is 0. The molecular weight excluding hydrogens is 304 g/mol. The van der Waals surface area contributed by atoms with Gasteiger partial charge in [-0.25, -0.2) is 4.98 Å². The number of rotatable bonds is 4. The van der Waals surface area contributed by atoms with Gasteiger partial charge in [-0.2, -0.15) is 10.2 Å². The lowest BCUT2D eigenvalue weighted by Gasteiger charge is -2.07. The van der Waals surface area contributed by atoms with Crippen LogP contribution in [0, 0.1) is 13.8 Å². The molecule has 0 aliphatic carbocycles. The molecule has 1 N–H and O–H groups in total. The minimum absolute atomic E-state index is 0.0691. The van der Waals surface area contributed by atoms with Gasteiger partial charge < -0.3 is 5.32 Å². The highest BCUT2D eigenvalue weighted by atomic mass is 16.1. The fourth-order valence-corrected chi connectivity index (χ4v) is 2.65. The van der Waals surface area contributed by atoms with Gasteiger partial charge in [0, 0.05) is 36.6 Å². The largest absolute Gasteiger partial charge is 0.326 e. The molecule has 2 heterocycles. The Balaban J connectivity index is 1.75. The molecule has 124 valence electrons. The molecule has 0 atom stereocenters. The van der Waals surface area contributed by atoms with Crippen molar-refractivity contribution in [3.05, 3.63) is 47.5 Å². The Labute approximate surface area is 140 Å². The standard InChI is InChI=1S/C17H20N6O/c1-11-15(12(2)23(4)20-11)9-16(24)19-14-7-5-6-13(8-14)17-18-10-22(3)21-17/h5-8,10H,9H2,1-4H3,(H,19,24). The lowest BCUT2D eigenvalue weighted by atomic mass is 10.1. The van der Waals surface area contributed by atoms with Crippen molar-refractivity contribution in [1.29, 1.82) is 0 Å². The zero-order valence-corrected chi connectivity index (χ0v) is 14.2. The Morgan fingerprint density at radius 2 is 2.00 bits per heavy atom. The topological polar surface area (TPSA) is 77.6 Å². The van der Waals surface area contributed by atoms with Crippen LogP contribution in [0.15, 0.2) is 30.6 Å². The van der Waals surface area contributed by atoms with Crippen LogP contribution in [-0.2, 0) is 25.3 Å². The van der Waals surface area contributed by atoms with E-state index in [0.29, 0.717) is 12.2 Å². The highest BCUT2D eigenvalue weighted by Crippen LogP contribution is 2.20. The minimum Gasteiger partial charge on any atom is -0.326 e. The molecule has 1 aromatic carbocycles.